The fourth-order valence-electron chi connectivity index (χ4n) is 1.53. The number of amides is 1. The Bertz CT molecular complexity index is 485. The number of ether oxygens (including phenoxy) is 1. The first-order chi connectivity index (χ1) is 8.70. The fourth-order valence-corrected chi connectivity index (χ4v) is 1.53. The summed E-state index contributed by atoms with van der Waals surface area (Å²) in [5.74, 6) is -0.232. The minimum Gasteiger partial charge on any atom is -0.450 e. The number of hydrogen-bond donors (Lipinski definition) is 1. The zero-order chi connectivity index (χ0) is 13.0. The predicted octanol–water partition coefficient (Wildman–Crippen LogP) is 1.14. The second-order valence-corrected chi connectivity index (χ2v) is 3.61. The molecule has 1 aliphatic rings. The molecular formula is C12H13N3O3. The van der Waals surface area contributed by atoms with Gasteiger partial charge in [-0.15, -0.1) is 5.10 Å². The number of hydrazone groups is 1. The predicted molar refractivity (Wildman–Crippen MR) is 66.4 cm³/mol. The maximum Gasteiger partial charge on any atom is 0.412 e. The molecular weight excluding hydrogens is 234 g/mol. The highest BCUT2D eigenvalue weighted by atomic mass is 16.5. The van der Waals surface area contributed by atoms with Crippen molar-refractivity contribution in [3.8, 4) is 0 Å². The van der Waals surface area contributed by atoms with Crippen LogP contribution in [-0.4, -0.2) is 30.9 Å². The highest BCUT2D eigenvalue weighted by molar-refractivity contribution is 6.43. The molecule has 0 saturated carbocycles. The molecule has 2 rings (SSSR count). The first-order valence-corrected chi connectivity index (χ1v) is 5.59. The minimum atomic E-state index is -0.667. The molecule has 6 heteroatoms. The van der Waals surface area contributed by atoms with E-state index in [0.29, 0.717) is 0 Å². The van der Waals surface area contributed by atoms with Gasteiger partial charge in [-0.2, -0.15) is 0 Å². The van der Waals surface area contributed by atoms with E-state index in [0.717, 1.165) is 5.69 Å². The molecule has 94 valence electrons. The zero-order valence-corrected chi connectivity index (χ0v) is 9.92. The smallest absolute Gasteiger partial charge is 0.412 e. The Morgan fingerprint density at radius 1 is 1.44 bits per heavy atom. The van der Waals surface area contributed by atoms with Crippen LogP contribution in [0.1, 0.15) is 6.92 Å². The van der Waals surface area contributed by atoms with Crippen LogP contribution in [0.15, 0.2) is 35.4 Å². The molecule has 1 aromatic carbocycles. The largest absolute Gasteiger partial charge is 0.450 e. The van der Waals surface area contributed by atoms with Gasteiger partial charge in [-0.25, -0.2) is 4.79 Å². The number of rotatable bonds is 2. The molecule has 1 heterocycles. The van der Waals surface area contributed by atoms with Crippen molar-refractivity contribution in [1.29, 1.82) is 0 Å². The van der Waals surface area contributed by atoms with Gasteiger partial charge in [-0.3, -0.25) is 15.1 Å². The van der Waals surface area contributed by atoms with Crippen LogP contribution < -0.4 is 10.3 Å². The highest BCUT2D eigenvalue weighted by Gasteiger charge is 2.26. The van der Waals surface area contributed by atoms with Gasteiger partial charge in [0.2, 0.25) is 11.6 Å². The number of Topliss-reactive ketones (excluding diaryl/α,β-unsaturated/α-hetero) is 1. The third kappa shape index (κ3) is 2.65. The average Bonchev–Trinajstić information content (AvgIpc) is 2.72. The summed E-state index contributed by atoms with van der Waals surface area (Å²) < 4.78 is 4.69. The maximum atomic E-state index is 11.7. The molecule has 0 atom stereocenters. The van der Waals surface area contributed by atoms with E-state index in [-0.39, 0.29) is 24.8 Å². The van der Waals surface area contributed by atoms with Crippen molar-refractivity contribution in [3.05, 3.63) is 30.3 Å². The third-order valence-electron chi connectivity index (χ3n) is 2.33. The number of alkyl carbamates (subject to hydrolysis) is 1. The number of anilines is 1. The zero-order valence-electron chi connectivity index (χ0n) is 9.92. The molecule has 0 fully saturated rings. The summed E-state index contributed by atoms with van der Waals surface area (Å²) in [6.07, 6.45) is -0.667. The topological polar surface area (TPSA) is 71.0 Å². The van der Waals surface area contributed by atoms with Crippen molar-refractivity contribution >= 4 is 23.4 Å². The average molecular weight is 247 g/mol. The third-order valence-corrected chi connectivity index (χ3v) is 2.33. The fraction of sp³-hybridized carbons (Fsp3) is 0.250. The van der Waals surface area contributed by atoms with E-state index in [1.54, 1.807) is 6.92 Å². The molecule has 18 heavy (non-hydrogen) atoms. The van der Waals surface area contributed by atoms with Crippen LogP contribution in [0.5, 0.6) is 0 Å². The SMILES string of the molecule is CCOC(=O)NC1=NN(c2ccccc2)CC1=O. The molecule has 0 spiro atoms. The summed E-state index contributed by atoms with van der Waals surface area (Å²) in [6, 6.07) is 9.26. The van der Waals surface area contributed by atoms with E-state index in [9.17, 15) is 9.59 Å². The molecule has 0 saturated heterocycles. The Morgan fingerprint density at radius 3 is 2.83 bits per heavy atom. The second-order valence-electron chi connectivity index (χ2n) is 3.61. The summed E-state index contributed by atoms with van der Waals surface area (Å²) >= 11 is 0. The van der Waals surface area contributed by atoms with Crippen molar-refractivity contribution in [1.82, 2.24) is 5.32 Å². The van der Waals surface area contributed by atoms with Crippen molar-refractivity contribution in [3.63, 3.8) is 0 Å². The lowest BCUT2D eigenvalue weighted by molar-refractivity contribution is -0.111. The molecule has 1 N–H and O–H groups in total. The van der Waals surface area contributed by atoms with Crippen molar-refractivity contribution in [2.75, 3.05) is 18.2 Å². The molecule has 1 aromatic rings. The molecule has 0 aliphatic carbocycles. The maximum absolute atomic E-state index is 11.7. The van der Waals surface area contributed by atoms with Crippen LogP contribution in [0.2, 0.25) is 0 Å². The molecule has 1 aliphatic heterocycles. The molecule has 0 radical (unpaired) electrons. The van der Waals surface area contributed by atoms with Gasteiger partial charge < -0.3 is 4.74 Å². The van der Waals surface area contributed by atoms with Gasteiger partial charge >= 0.3 is 6.09 Å². The Labute approximate surface area is 104 Å². The molecule has 6 nitrogen and oxygen atoms in total. The van der Waals surface area contributed by atoms with E-state index < -0.39 is 6.09 Å². The Morgan fingerprint density at radius 2 is 2.17 bits per heavy atom. The molecule has 0 aromatic heterocycles. The number of nitrogens with zero attached hydrogens (tertiary/aromatic N) is 2. The monoisotopic (exact) mass is 247 g/mol. The number of para-hydroxylation sites is 1. The van der Waals surface area contributed by atoms with Crippen molar-refractivity contribution < 1.29 is 14.3 Å². The Balaban J connectivity index is 2.08. The number of carbonyl (C=O) groups is 2. The number of nitrogens with one attached hydrogen (secondary N) is 1. The molecule has 0 unspecified atom stereocenters. The summed E-state index contributed by atoms with van der Waals surface area (Å²) in [5, 5.41) is 7.91. The van der Waals surface area contributed by atoms with Crippen LogP contribution in [-0.2, 0) is 9.53 Å². The van der Waals surface area contributed by atoms with Crippen molar-refractivity contribution in [2.24, 2.45) is 5.10 Å². The number of benzene rings is 1. The van der Waals surface area contributed by atoms with Gasteiger partial charge in [0.1, 0.15) is 6.54 Å². The van der Waals surface area contributed by atoms with E-state index >= 15 is 0 Å². The number of carbonyl (C=O) groups excluding carboxylic acids is 2. The first-order valence-electron chi connectivity index (χ1n) is 5.59. The highest BCUT2D eigenvalue weighted by Crippen LogP contribution is 2.16. The van der Waals surface area contributed by atoms with Crippen LogP contribution in [0.3, 0.4) is 0 Å². The summed E-state index contributed by atoms with van der Waals surface area (Å²) in [4.78, 5) is 22.9. The van der Waals surface area contributed by atoms with Gasteiger partial charge in [0.25, 0.3) is 0 Å². The summed E-state index contributed by atoms with van der Waals surface area (Å²) in [6.45, 7) is 2.05. The lowest BCUT2D eigenvalue weighted by Crippen LogP contribution is -2.35. The standard InChI is InChI=1S/C12H13N3O3/c1-2-18-12(17)13-11-10(16)8-15(14-11)9-6-4-3-5-7-9/h3-7H,2,8H2,1H3,(H,13,14,17). The summed E-state index contributed by atoms with van der Waals surface area (Å²) in [5.41, 5.74) is 0.798. The normalized spacial score (nSPS) is 14.4. The quantitative estimate of drug-likeness (QED) is 0.850. The molecule has 0 bridgehead atoms. The number of amidine groups is 1. The number of hydrogen-bond acceptors (Lipinski definition) is 5. The van der Waals surface area contributed by atoms with Gasteiger partial charge in [0, 0.05) is 0 Å². The van der Waals surface area contributed by atoms with Gasteiger partial charge in [0.05, 0.1) is 12.3 Å². The van der Waals surface area contributed by atoms with E-state index in [2.05, 4.69) is 10.4 Å². The van der Waals surface area contributed by atoms with Crippen LogP contribution in [0.4, 0.5) is 10.5 Å². The minimum absolute atomic E-state index is 0.0114. The van der Waals surface area contributed by atoms with E-state index in [1.165, 1.54) is 5.01 Å². The van der Waals surface area contributed by atoms with Crippen molar-refractivity contribution in [2.45, 2.75) is 6.92 Å². The van der Waals surface area contributed by atoms with E-state index in [4.69, 9.17) is 4.74 Å². The number of ketones is 1. The van der Waals surface area contributed by atoms with Gasteiger partial charge in [-0.1, -0.05) is 18.2 Å². The Hall–Kier alpha value is -2.37. The summed E-state index contributed by atoms with van der Waals surface area (Å²) in [7, 11) is 0. The lowest BCUT2D eigenvalue weighted by Gasteiger charge is -2.11. The van der Waals surface area contributed by atoms with Crippen LogP contribution >= 0.6 is 0 Å². The van der Waals surface area contributed by atoms with Gasteiger partial charge in [0.15, 0.2) is 0 Å². The lowest BCUT2D eigenvalue weighted by atomic mass is 10.3. The van der Waals surface area contributed by atoms with Crippen LogP contribution in [0.25, 0.3) is 0 Å². The van der Waals surface area contributed by atoms with E-state index in [1.807, 2.05) is 30.3 Å². The molecule has 1 amide bonds. The first kappa shape index (κ1) is 12.1. The van der Waals surface area contributed by atoms with Crippen LogP contribution in [0, 0.1) is 0 Å². The second kappa shape index (κ2) is 5.31. The van der Waals surface area contributed by atoms with Gasteiger partial charge in [-0.05, 0) is 19.1 Å². The Kier molecular flexibility index (Phi) is 3.57.